The summed E-state index contributed by atoms with van der Waals surface area (Å²) < 4.78 is 5.35. The number of aliphatic hydroxyl groups excluding tert-OH is 1. The number of carbonyl (C=O) groups excluding carboxylic acids is 2. The number of aliphatic hydroxyl groups is 1. The summed E-state index contributed by atoms with van der Waals surface area (Å²) in [4.78, 5) is 28.7. The third kappa shape index (κ3) is 3.61. The molecular weight excluding hydrogens is 445 g/mol. The van der Waals surface area contributed by atoms with Crippen LogP contribution in [0.1, 0.15) is 48.6 Å². The van der Waals surface area contributed by atoms with Crippen LogP contribution in [-0.4, -0.2) is 34.8 Å². The second-order valence-corrected chi connectivity index (χ2v) is 9.30. The first-order valence-corrected chi connectivity index (χ1v) is 11.4. The fraction of sp³-hybridized carbons (Fsp3) is 0.364. The molecule has 1 saturated carbocycles. The Hall–Kier alpha value is -2.02. The Morgan fingerprint density at radius 3 is 2.57 bits per heavy atom. The third-order valence-corrected chi connectivity index (χ3v) is 7.15. The van der Waals surface area contributed by atoms with Gasteiger partial charge in [0.25, 0.3) is 11.7 Å². The smallest absolute Gasteiger partial charge is 0.295 e. The average Bonchev–Trinajstić information content (AvgIpc) is 3.35. The third-order valence-electron chi connectivity index (χ3n) is 5.73. The van der Waals surface area contributed by atoms with Gasteiger partial charge in [0.15, 0.2) is 0 Å². The highest BCUT2D eigenvalue weighted by Crippen LogP contribution is 2.46. The molecule has 0 radical (unpaired) electrons. The summed E-state index contributed by atoms with van der Waals surface area (Å²) in [6.07, 6.45) is 4.86. The van der Waals surface area contributed by atoms with Gasteiger partial charge in [-0.2, -0.15) is 0 Å². The number of nitrogens with zero attached hydrogens (tertiary/aromatic N) is 1. The molecule has 8 heteroatoms. The van der Waals surface area contributed by atoms with Crippen LogP contribution in [0, 0.1) is 0 Å². The average molecular weight is 466 g/mol. The lowest BCUT2D eigenvalue weighted by atomic mass is 9.92. The molecule has 158 valence electrons. The van der Waals surface area contributed by atoms with Crippen molar-refractivity contribution in [2.24, 2.45) is 0 Å². The molecule has 1 aromatic heterocycles. The van der Waals surface area contributed by atoms with E-state index in [1.165, 1.54) is 30.6 Å². The zero-order chi connectivity index (χ0) is 21.4. The molecule has 2 aromatic rings. The Labute approximate surface area is 188 Å². The van der Waals surface area contributed by atoms with Gasteiger partial charge >= 0.3 is 0 Å². The highest BCUT2D eigenvalue weighted by atomic mass is 35.5. The van der Waals surface area contributed by atoms with Gasteiger partial charge in [0.05, 0.1) is 29.3 Å². The van der Waals surface area contributed by atoms with Crippen molar-refractivity contribution in [3.8, 4) is 5.75 Å². The van der Waals surface area contributed by atoms with Gasteiger partial charge < -0.3 is 14.7 Å². The van der Waals surface area contributed by atoms with Gasteiger partial charge in [-0.1, -0.05) is 48.5 Å². The predicted molar refractivity (Wildman–Crippen MR) is 118 cm³/mol. The summed E-state index contributed by atoms with van der Waals surface area (Å²) in [5, 5.41) is 13.6. The SMILES string of the molecule is COc1c(Cl)cc(Cl)cc1/C(O)=C1/C(=O)C(=O)N(C2CCCCC2)C1c1cccs1. The lowest BCUT2D eigenvalue weighted by Gasteiger charge is -2.34. The lowest BCUT2D eigenvalue weighted by Crippen LogP contribution is -2.40. The quantitative estimate of drug-likeness (QED) is 0.351. The van der Waals surface area contributed by atoms with Gasteiger partial charge in [0.2, 0.25) is 0 Å². The molecule has 1 amide bonds. The van der Waals surface area contributed by atoms with E-state index in [0.717, 1.165) is 37.0 Å². The number of hydrogen-bond acceptors (Lipinski definition) is 5. The van der Waals surface area contributed by atoms with Gasteiger partial charge in [-0.05, 0) is 36.4 Å². The number of thiophene rings is 1. The Balaban J connectivity index is 1.91. The number of likely N-dealkylation sites (tertiary alicyclic amines) is 1. The molecule has 0 spiro atoms. The fourth-order valence-corrected chi connectivity index (χ4v) is 5.80. The zero-order valence-electron chi connectivity index (χ0n) is 16.4. The van der Waals surface area contributed by atoms with E-state index < -0.39 is 17.7 Å². The summed E-state index contributed by atoms with van der Waals surface area (Å²) in [5.74, 6) is -1.40. The Bertz CT molecular complexity index is 1010. The summed E-state index contributed by atoms with van der Waals surface area (Å²) in [5.41, 5.74) is 0.239. The number of rotatable bonds is 4. The minimum atomic E-state index is -0.699. The topological polar surface area (TPSA) is 66.8 Å². The molecule has 1 aliphatic heterocycles. The number of ketones is 1. The second kappa shape index (κ2) is 8.61. The fourth-order valence-electron chi connectivity index (χ4n) is 4.40. The standard InChI is InChI=1S/C22H21Cl2NO4S/c1-29-21-14(10-12(23)11-15(21)24)19(26)17-18(16-8-5-9-30-16)25(22(28)20(17)27)13-6-3-2-4-7-13/h5,8-11,13,18,26H,2-4,6-7H2,1H3/b19-17-. The molecular formula is C22H21Cl2NO4S. The summed E-state index contributed by atoms with van der Waals surface area (Å²) >= 11 is 13.8. The molecule has 1 unspecified atom stereocenters. The number of carbonyl (C=O) groups is 2. The highest BCUT2D eigenvalue weighted by molar-refractivity contribution is 7.10. The van der Waals surface area contributed by atoms with E-state index >= 15 is 0 Å². The van der Waals surface area contributed by atoms with Crippen molar-refractivity contribution in [2.75, 3.05) is 7.11 Å². The number of amides is 1. The summed E-state index contributed by atoms with van der Waals surface area (Å²) in [7, 11) is 1.42. The van der Waals surface area contributed by atoms with E-state index in [2.05, 4.69) is 0 Å². The summed E-state index contributed by atoms with van der Waals surface area (Å²) in [6, 6.07) is 6.06. The second-order valence-electron chi connectivity index (χ2n) is 7.48. The van der Waals surface area contributed by atoms with Crippen LogP contribution in [-0.2, 0) is 9.59 Å². The van der Waals surface area contributed by atoms with Gasteiger partial charge in [-0.3, -0.25) is 9.59 Å². The molecule has 30 heavy (non-hydrogen) atoms. The first-order chi connectivity index (χ1) is 14.4. The predicted octanol–water partition coefficient (Wildman–Crippen LogP) is 5.82. The maximum absolute atomic E-state index is 13.1. The van der Waals surface area contributed by atoms with Crippen LogP contribution in [0.15, 0.2) is 35.2 Å². The highest BCUT2D eigenvalue weighted by Gasteiger charge is 2.49. The summed E-state index contributed by atoms with van der Waals surface area (Å²) in [6.45, 7) is 0. The number of ether oxygens (including phenoxy) is 1. The van der Waals surface area contributed by atoms with Crippen molar-refractivity contribution in [3.05, 3.63) is 55.7 Å². The number of Topliss-reactive ketones (excluding diaryl/α,β-unsaturated/α-hetero) is 1. The number of hydrogen-bond donors (Lipinski definition) is 1. The van der Waals surface area contributed by atoms with Gasteiger partial charge in [0.1, 0.15) is 11.5 Å². The first kappa shape index (κ1) is 21.2. The lowest BCUT2D eigenvalue weighted by molar-refractivity contribution is -0.141. The van der Waals surface area contributed by atoms with Crippen LogP contribution in [0.2, 0.25) is 10.0 Å². The zero-order valence-corrected chi connectivity index (χ0v) is 18.7. The molecule has 1 atom stereocenters. The van der Waals surface area contributed by atoms with E-state index in [4.69, 9.17) is 27.9 Å². The Morgan fingerprint density at radius 2 is 1.93 bits per heavy atom. The van der Waals surface area contributed by atoms with Crippen molar-refractivity contribution in [3.63, 3.8) is 0 Å². The number of halogens is 2. The minimum absolute atomic E-state index is 0.0301. The molecule has 2 heterocycles. The van der Waals surface area contributed by atoms with E-state index in [1.807, 2.05) is 17.5 Å². The van der Waals surface area contributed by atoms with Crippen molar-refractivity contribution < 1.29 is 19.4 Å². The van der Waals surface area contributed by atoms with Gasteiger partial charge in [-0.25, -0.2) is 0 Å². The maximum atomic E-state index is 13.1. The van der Waals surface area contributed by atoms with Crippen LogP contribution < -0.4 is 4.74 Å². The van der Waals surface area contributed by atoms with Crippen LogP contribution in [0.5, 0.6) is 5.75 Å². The monoisotopic (exact) mass is 465 g/mol. The van der Waals surface area contributed by atoms with Crippen LogP contribution in [0.25, 0.3) is 5.76 Å². The molecule has 1 aliphatic carbocycles. The first-order valence-electron chi connectivity index (χ1n) is 9.81. The van der Waals surface area contributed by atoms with E-state index in [-0.39, 0.29) is 38.7 Å². The van der Waals surface area contributed by atoms with E-state index in [1.54, 1.807) is 4.90 Å². The Kier molecular flexibility index (Phi) is 6.09. The van der Waals surface area contributed by atoms with Gasteiger partial charge in [0, 0.05) is 15.9 Å². The molecule has 1 aromatic carbocycles. The van der Waals surface area contributed by atoms with E-state index in [0.29, 0.717) is 0 Å². The van der Waals surface area contributed by atoms with Crippen molar-refractivity contribution in [2.45, 2.75) is 44.2 Å². The van der Waals surface area contributed by atoms with Crippen LogP contribution >= 0.6 is 34.5 Å². The molecule has 2 fully saturated rings. The van der Waals surface area contributed by atoms with Crippen molar-refractivity contribution >= 4 is 52.0 Å². The Morgan fingerprint density at radius 1 is 1.20 bits per heavy atom. The van der Waals surface area contributed by atoms with Gasteiger partial charge in [-0.15, -0.1) is 11.3 Å². The molecule has 5 nitrogen and oxygen atoms in total. The number of methoxy groups -OCH3 is 1. The molecule has 4 rings (SSSR count). The molecule has 1 N–H and O–H groups in total. The van der Waals surface area contributed by atoms with Crippen molar-refractivity contribution in [1.29, 1.82) is 0 Å². The van der Waals surface area contributed by atoms with Crippen molar-refractivity contribution in [1.82, 2.24) is 4.90 Å². The normalized spacial score (nSPS) is 22.0. The van der Waals surface area contributed by atoms with E-state index in [9.17, 15) is 14.7 Å². The molecule has 0 bridgehead atoms. The molecule has 1 saturated heterocycles. The van der Waals surface area contributed by atoms with Crippen LogP contribution in [0.3, 0.4) is 0 Å². The largest absolute Gasteiger partial charge is 0.507 e. The number of benzene rings is 1. The maximum Gasteiger partial charge on any atom is 0.295 e. The molecule has 2 aliphatic rings. The van der Waals surface area contributed by atoms with Crippen LogP contribution in [0.4, 0.5) is 0 Å². The minimum Gasteiger partial charge on any atom is -0.507 e.